The van der Waals surface area contributed by atoms with Gasteiger partial charge in [0.25, 0.3) is 0 Å². The largest absolute Gasteiger partial charge is 0.495 e. The Morgan fingerprint density at radius 3 is 2.64 bits per heavy atom. The van der Waals surface area contributed by atoms with Crippen molar-refractivity contribution >= 4 is 34.6 Å². The van der Waals surface area contributed by atoms with Gasteiger partial charge in [0.15, 0.2) is 5.11 Å². The average molecular weight is 325 g/mol. The maximum atomic E-state index is 11.1. The van der Waals surface area contributed by atoms with E-state index in [1.54, 1.807) is 25.3 Å². The van der Waals surface area contributed by atoms with E-state index in [1.807, 2.05) is 0 Å². The number of hydrogen-bond acceptors (Lipinski definition) is 3. The number of amides is 1. The Labute approximate surface area is 137 Å². The van der Waals surface area contributed by atoms with E-state index in [0.29, 0.717) is 22.2 Å². The van der Waals surface area contributed by atoms with E-state index in [2.05, 4.69) is 30.0 Å². The number of anilines is 2. The molecule has 0 saturated heterocycles. The third-order valence-corrected chi connectivity index (χ3v) is 3.15. The number of methoxy groups -OCH3 is 1. The predicted octanol–water partition coefficient (Wildman–Crippen LogP) is 0.475. The SMILES string of the molecule is COc1ccc(NC(C)=O)cc1NC(=S)NCCC[NH+](C)C. The fraction of sp³-hybridized carbons (Fsp3) is 0.467. The van der Waals surface area contributed by atoms with Gasteiger partial charge >= 0.3 is 0 Å². The van der Waals surface area contributed by atoms with Gasteiger partial charge in [0, 0.05) is 25.6 Å². The molecule has 1 amide bonds. The molecule has 0 atom stereocenters. The van der Waals surface area contributed by atoms with Crippen molar-refractivity contribution in [2.24, 2.45) is 0 Å². The van der Waals surface area contributed by atoms with Gasteiger partial charge in [0.1, 0.15) is 5.75 Å². The molecular formula is C15H25N4O2S+. The van der Waals surface area contributed by atoms with Gasteiger partial charge in [-0.25, -0.2) is 0 Å². The molecule has 1 aromatic rings. The normalized spacial score (nSPS) is 10.2. The first-order chi connectivity index (χ1) is 10.4. The molecule has 0 unspecified atom stereocenters. The van der Waals surface area contributed by atoms with E-state index in [0.717, 1.165) is 19.5 Å². The number of nitrogens with one attached hydrogen (secondary N) is 4. The predicted molar refractivity (Wildman–Crippen MR) is 93.8 cm³/mol. The summed E-state index contributed by atoms with van der Waals surface area (Å²) >= 11 is 5.28. The van der Waals surface area contributed by atoms with Crippen LogP contribution in [-0.2, 0) is 4.79 Å². The molecule has 6 nitrogen and oxygen atoms in total. The van der Waals surface area contributed by atoms with Crippen molar-refractivity contribution < 1.29 is 14.4 Å². The maximum absolute atomic E-state index is 11.1. The van der Waals surface area contributed by atoms with Crippen LogP contribution in [0.3, 0.4) is 0 Å². The summed E-state index contributed by atoms with van der Waals surface area (Å²) in [4.78, 5) is 12.5. The molecular weight excluding hydrogens is 300 g/mol. The molecule has 0 radical (unpaired) electrons. The first-order valence-electron chi connectivity index (χ1n) is 7.22. The molecule has 0 aliphatic rings. The Morgan fingerprint density at radius 2 is 2.05 bits per heavy atom. The minimum Gasteiger partial charge on any atom is -0.495 e. The molecule has 0 aliphatic heterocycles. The van der Waals surface area contributed by atoms with Crippen LogP contribution in [0.15, 0.2) is 18.2 Å². The lowest BCUT2D eigenvalue weighted by molar-refractivity contribution is -0.858. The van der Waals surface area contributed by atoms with Gasteiger partial charge < -0.3 is 25.6 Å². The zero-order valence-electron chi connectivity index (χ0n) is 13.6. The second kappa shape index (κ2) is 9.22. The Bertz CT molecular complexity index is 520. The quantitative estimate of drug-likeness (QED) is 0.434. The molecule has 0 aliphatic carbocycles. The van der Waals surface area contributed by atoms with Gasteiger partial charge in [-0.1, -0.05) is 0 Å². The Morgan fingerprint density at radius 1 is 1.32 bits per heavy atom. The van der Waals surface area contributed by atoms with Crippen LogP contribution in [0, 0.1) is 0 Å². The van der Waals surface area contributed by atoms with E-state index in [1.165, 1.54) is 11.8 Å². The van der Waals surface area contributed by atoms with Gasteiger partial charge in [-0.05, 0) is 30.4 Å². The van der Waals surface area contributed by atoms with Gasteiger partial charge in [0.05, 0.1) is 33.4 Å². The first kappa shape index (κ1) is 18.2. The van der Waals surface area contributed by atoms with Crippen molar-refractivity contribution in [1.82, 2.24) is 5.32 Å². The monoisotopic (exact) mass is 325 g/mol. The molecule has 22 heavy (non-hydrogen) atoms. The molecule has 4 N–H and O–H groups in total. The highest BCUT2D eigenvalue weighted by Crippen LogP contribution is 2.27. The van der Waals surface area contributed by atoms with E-state index in [4.69, 9.17) is 17.0 Å². The van der Waals surface area contributed by atoms with Crippen LogP contribution in [0.25, 0.3) is 0 Å². The summed E-state index contributed by atoms with van der Waals surface area (Å²) in [6.07, 6.45) is 1.03. The molecule has 0 aromatic heterocycles. The highest BCUT2D eigenvalue weighted by Gasteiger charge is 2.07. The van der Waals surface area contributed by atoms with Crippen molar-refractivity contribution in [3.63, 3.8) is 0 Å². The smallest absolute Gasteiger partial charge is 0.221 e. The zero-order valence-corrected chi connectivity index (χ0v) is 14.4. The Balaban J connectivity index is 2.61. The van der Waals surface area contributed by atoms with E-state index in [9.17, 15) is 4.79 Å². The minimum atomic E-state index is -0.122. The molecule has 0 bridgehead atoms. The van der Waals surface area contributed by atoms with Crippen molar-refractivity contribution in [2.45, 2.75) is 13.3 Å². The highest BCUT2D eigenvalue weighted by atomic mass is 32.1. The number of carbonyl (C=O) groups is 1. The lowest BCUT2D eigenvalue weighted by Gasteiger charge is -2.15. The summed E-state index contributed by atoms with van der Waals surface area (Å²) in [5.74, 6) is 0.541. The van der Waals surface area contributed by atoms with Gasteiger partial charge in [-0.15, -0.1) is 0 Å². The molecule has 0 spiro atoms. The highest BCUT2D eigenvalue weighted by molar-refractivity contribution is 7.80. The number of carbonyl (C=O) groups excluding carboxylic acids is 1. The molecule has 1 rings (SSSR count). The van der Waals surface area contributed by atoms with Crippen LogP contribution < -0.4 is 25.6 Å². The number of thiocarbonyl (C=S) groups is 1. The van der Waals surface area contributed by atoms with Crippen LogP contribution in [0.1, 0.15) is 13.3 Å². The standard InChI is InChI=1S/C15H24N4O2S/c1-11(20)17-12-6-7-14(21-4)13(10-12)18-15(22)16-8-5-9-19(2)3/h6-7,10H,5,8-9H2,1-4H3,(H,17,20)(H2,16,18,22)/p+1. The lowest BCUT2D eigenvalue weighted by atomic mass is 10.2. The summed E-state index contributed by atoms with van der Waals surface area (Å²) in [5.41, 5.74) is 1.40. The number of benzene rings is 1. The average Bonchev–Trinajstić information content (AvgIpc) is 2.43. The van der Waals surface area contributed by atoms with E-state index in [-0.39, 0.29) is 5.91 Å². The van der Waals surface area contributed by atoms with Crippen LogP contribution in [0.2, 0.25) is 0 Å². The van der Waals surface area contributed by atoms with E-state index < -0.39 is 0 Å². The second-order valence-electron chi connectivity index (χ2n) is 5.29. The fourth-order valence-electron chi connectivity index (χ4n) is 1.90. The van der Waals surface area contributed by atoms with E-state index >= 15 is 0 Å². The molecule has 0 heterocycles. The van der Waals surface area contributed by atoms with Crippen molar-refractivity contribution in [2.75, 3.05) is 44.9 Å². The Hall–Kier alpha value is -1.86. The molecule has 7 heteroatoms. The van der Waals surface area contributed by atoms with Crippen molar-refractivity contribution in [3.8, 4) is 5.75 Å². The third kappa shape index (κ3) is 6.73. The maximum Gasteiger partial charge on any atom is 0.221 e. The topological polar surface area (TPSA) is 66.8 Å². The van der Waals surface area contributed by atoms with Gasteiger partial charge in [-0.3, -0.25) is 4.79 Å². The van der Waals surface area contributed by atoms with Crippen molar-refractivity contribution in [1.29, 1.82) is 0 Å². The van der Waals surface area contributed by atoms with Crippen molar-refractivity contribution in [3.05, 3.63) is 18.2 Å². The fourth-order valence-corrected chi connectivity index (χ4v) is 2.11. The second-order valence-corrected chi connectivity index (χ2v) is 5.70. The molecule has 122 valence electrons. The number of ether oxygens (including phenoxy) is 1. The van der Waals surface area contributed by atoms with Crippen LogP contribution in [-0.4, -0.2) is 45.3 Å². The van der Waals surface area contributed by atoms with Crippen LogP contribution in [0.4, 0.5) is 11.4 Å². The minimum absolute atomic E-state index is 0.122. The van der Waals surface area contributed by atoms with Gasteiger partial charge in [-0.2, -0.15) is 0 Å². The summed E-state index contributed by atoms with van der Waals surface area (Å²) in [7, 11) is 5.83. The Kier molecular flexibility index (Phi) is 7.62. The summed E-state index contributed by atoms with van der Waals surface area (Å²) in [5, 5.41) is 9.53. The summed E-state index contributed by atoms with van der Waals surface area (Å²) in [6.45, 7) is 3.36. The van der Waals surface area contributed by atoms with Crippen LogP contribution >= 0.6 is 12.2 Å². The number of hydrogen-bond donors (Lipinski definition) is 4. The molecule has 1 aromatic carbocycles. The summed E-state index contributed by atoms with van der Waals surface area (Å²) < 4.78 is 5.30. The first-order valence-corrected chi connectivity index (χ1v) is 7.62. The zero-order chi connectivity index (χ0) is 16.5. The number of rotatable bonds is 7. The lowest BCUT2D eigenvalue weighted by Crippen LogP contribution is -3.05. The third-order valence-electron chi connectivity index (χ3n) is 2.91. The number of quaternary nitrogens is 1. The molecule has 0 fully saturated rings. The summed E-state index contributed by atoms with van der Waals surface area (Å²) in [6, 6.07) is 5.35. The molecule has 0 saturated carbocycles. The van der Waals surface area contributed by atoms with Gasteiger partial charge in [0.2, 0.25) is 5.91 Å². The van der Waals surface area contributed by atoms with Crippen LogP contribution in [0.5, 0.6) is 5.75 Å².